The molecular weight excluding hydrogens is 260 g/mol. The maximum atomic E-state index is 6.33. The Labute approximate surface area is 121 Å². The summed E-state index contributed by atoms with van der Waals surface area (Å²) in [5, 5.41) is 0.769. The zero-order valence-electron chi connectivity index (χ0n) is 12.3. The van der Waals surface area contributed by atoms with Gasteiger partial charge in [-0.25, -0.2) is 0 Å². The Balaban J connectivity index is 2.62. The molecule has 1 aromatic rings. The third kappa shape index (κ3) is 5.81. The highest BCUT2D eigenvalue weighted by molar-refractivity contribution is 6.33. The molecule has 1 atom stereocenters. The second kappa shape index (κ2) is 7.73. The van der Waals surface area contributed by atoms with Crippen molar-refractivity contribution in [2.75, 3.05) is 25.1 Å². The van der Waals surface area contributed by atoms with E-state index >= 15 is 0 Å². The van der Waals surface area contributed by atoms with Gasteiger partial charge in [-0.05, 0) is 44.9 Å². The van der Waals surface area contributed by atoms with Gasteiger partial charge in [0.05, 0.1) is 23.4 Å². The van der Waals surface area contributed by atoms with Crippen molar-refractivity contribution >= 4 is 17.3 Å². The number of ether oxygens (including phenoxy) is 1. The molecule has 3 nitrogen and oxygen atoms in total. The van der Waals surface area contributed by atoms with Gasteiger partial charge in [-0.15, -0.1) is 0 Å². The molecule has 0 saturated heterocycles. The van der Waals surface area contributed by atoms with Crippen molar-refractivity contribution in [2.24, 2.45) is 5.73 Å². The lowest BCUT2D eigenvalue weighted by Gasteiger charge is -2.22. The van der Waals surface area contributed by atoms with E-state index in [1.54, 1.807) is 0 Å². The maximum absolute atomic E-state index is 6.33. The lowest BCUT2D eigenvalue weighted by molar-refractivity contribution is 0.0846. The van der Waals surface area contributed by atoms with Crippen LogP contribution in [0.2, 0.25) is 5.02 Å². The van der Waals surface area contributed by atoms with E-state index in [4.69, 9.17) is 22.1 Å². The highest BCUT2D eigenvalue weighted by Gasteiger charge is 2.08. The van der Waals surface area contributed by atoms with Gasteiger partial charge in [-0.3, -0.25) is 0 Å². The van der Waals surface area contributed by atoms with Crippen molar-refractivity contribution in [1.82, 2.24) is 0 Å². The molecule has 0 bridgehead atoms. The highest BCUT2D eigenvalue weighted by atomic mass is 35.5. The van der Waals surface area contributed by atoms with Gasteiger partial charge >= 0.3 is 0 Å². The van der Waals surface area contributed by atoms with Gasteiger partial charge in [-0.2, -0.15) is 0 Å². The van der Waals surface area contributed by atoms with Crippen LogP contribution >= 0.6 is 11.6 Å². The molecule has 4 heteroatoms. The lowest BCUT2D eigenvalue weighted by atomic mass is 10.1. The third-order valence-corrected chi connectivity index (χ3v) is 3.16. The molecule has 0 fully saturated rings. The number of halogens is 1. The number of benzene rings is 1. The summed E-state index contributed by atoms with van der Waals surface area (Å²) in [6.07, 6.45) is 1.11. The van der Waals surface area contributed by atoms with E-state index in [-0.39, 0.29) is 12.1 Å². The molecule has 1 rings (SSSR count). The first-order chi connectivity index (χ1) is 8.90. The maximum Gasteiger partial charge on any atom is 0.0644 e. The van der Waals surface area contributed by atoms with Crippen molar-refractivity contribution in [3.63, 3.8) is 0 Å². The summed E-state index contributed by atoms with van der Waals surface area (Å²) in [4.78, 5) is 2.11. The number of anilines is 1. The molecule has 0 aliphatic carbocycles. The topological polar surface area (TPSA) is 38.5 Å². The van der Waals surface area contributed by atoms with Crippen LogP contribution in [0.3, 0.4) is 0 Å². The van der Waals surface area contributed by atoms with Gasteiger partial charge in [0.25, 0.3) is 0 Å². The van der Waals surface area contributed by atoms with Crippen molar-refractivity contribution in [3.8, 4) is 0 Å². The van der Waals surface area contributed by atoms with Crippen molar-refractivity contribution < 1.29 is 4.74 Å². The largest absolute Gasteiger partial charge is 0.377 e. The van der Waals surface area contributed by atoms with E-state index in [2.05, 4.69) is 17.0 Å². The molecule has 1 unspecified atom stereocenters. The number of hydrogen-bond acceptors (Lipinski definition) is 3. The summed E-state index contributed by atoms with van der Waals surface area (Å²) in [5.41, 5.74) is 8.00. The quantitative estimate of drug-likeness (QED) is 0.836. The van der Waals surface area contributed by atoms with E-state index in [9.17, 15) is 0 Å². The zero-order chi connectivity index (χ0) is 14.4. The molecule has 0 radical (unpaired) electrons. The number of rotatable bonds is 7. The predicted octanol–water partition coefficient (Wildman–Crippen LogP) is 3.09. The molecular formula is C15H25ClN2O. The summed E-state index contributed by atoms with van der Waals surface area (Å²) in [7, 11) is 2.02. The van der Waals surface area contributed by atoms with Gasteiger partial charge in [-0.1, -0.05) is 17.7 Å². The smallest absolute Gasteiger partial charge is 0.0644 e. The normalized spacial score (nSPS) is 12.8. The predicted molar refractivity (Wildman–Crippen MR) is 83.2 cm³/mol. The Bertz CT molecular complexity index is 394. The minimum atomic E-state index is 0.152. The number of likely N-dealkylation sites (N-methyl/N-ethyl adjacent to an activating group) is 1. The van der Waals surface area contributed by atoms with Crippen LogP contribution in [-0.4, -0.2) is 32.3 Å². The minimum absolute atomic E-state index is 0.152. The molecule has 0 aliphatic heterocycles. The van der Waals surface area contributed by atoms with Crippen molar-refractivity contribution in [1.29, 1.82) is 0 Å². The van der Waals surface area contributed by atoms with Crippen LogP contribution < -0.4 is 10.6 Å². The second-order valence-corrected chi connectivity index (χ2v) is 5.72. The van der Waals surface area contributed by atoms with E-state index in [1.165, 1.54) is 5.56 Å². The Kier molecular flexibility index (Phi) is 6.63. The van der Waals surface area contributed by atoms with Gasteiger partial charge in [0.15, 0.2) is 0 Å². The molecule has 0 saturated carbocycles. The van der Waals surface area contributed by atoms with Crippen LogP contribution in [0.1, 0.15) is 26.3 Å². The van der Waals surface area contributed by atoms with Crippen LogP contribution in [0, 0.1) is 0 Å². The van der Waals surface area contributed by atoms with Crippen LogP contribution in [0.15, 0.2) is 18.2 Å². The van der Waals surface area contributed by atoms with Crippen molar-refractivity contribution in [3.05, 3.63) is 28.8 Å². The van der Waals surface area contributed by atoms with E-state index < -0.39 is 0 Å². The first kappa shape index (κ1) is 16.3. The monoisotopic (exact) mass is 284 g/mol. The Morgan fingerprint density at radius 3 is 2.53 bits per heavy atom. The molecule has 0 amide bonds. The lowest BCUT2D eigenvalue weighted by Crippen LogP contribution is -2.24. The summed E-state index contributed by atoms with van der Waals surface area (Å²) in [6, 6.07) is 6.29. The highest BCUT2D eigenvalue weighted by Crippen LogP contribution is 2.26. The fourth-order valence-electron chi connectivity index (χ4n) is 1.90. The van der Waals surface area contributed by atoms with Gasteiger partial charge in [0.1, 0.15) is 0 Å². The van der Waals surface area contributed by atoms with Crippen LogP contribution in [0.25, 0.3) is 0 Å². The summed E-state index contributed by atoms with van der Waals surface area (Å²) in [5.74, 6) is 0. The Morgan fingerprint density at radius 2 is 2.00 bits per heavy atom. The first-order valence-electron chi connectivity index (χ1n) is 6.77. The Hall–Kier alpha value is -0.770. The molecule has 0 aromatic heterocycles. The molecule has 108 valence electrons. The fourth-order valence-corrected chi connectivity index (χ4v) is 2.25. The summed E-state index contributed by atoms with van der Waals surface area (Å²) < 4.78 is 5.55. The van der Waals surface area contributed by atoms with E-state index in [1.807, 2.05) is 33.9 Å². The molecule has 19 heavy (non-hydrogen) atoms. The van der Waals surface area contributed by atoms with E-state index in [0.717, 1.165) is 23.7 Å². The summed E-state index contributed by atoms with van der Waals surface area (Å²) in [6.45, 7) is 7.60. The van der Waals surface area contributed by atoms with Gasteiger partial charge < -0.3 is 15.4 Å². The number of nitrogens with two attached hydrogens (primary N) is 1. The first-order valence-corrected chi connectivity index (χ1v) is 7.14. The average Bonchev–Trinajstić information content (AvgIpc) is 2.27. The average molecular weight is 285 g/mol. The molecule has 0 aliphatic rings. The fraction of sp³-hybridized carbons (Fsp3) is 0.600. The standard InChI is InChI=1S/C15H25ClN2O/c1-11(2)19-8-7-18(4)15-6-5-13(9-12(3)17)10-14(15)16/h5-6,10-12H,7-9,17H2,1-4H3. The molecule has 2 N–H and O–H groups in total. The van der Waals surface area contributed by atoms with Crippen molar-refractivity contribution in [2.45, 2.75) is 39.3 Å². The number of nitrogens with zero attached hydrogens (tertiary/aromatic N) is 1. The van der Waals surface area contributed by atoms with Gasteiger partial charge in [0, 0.05) is 19.6 Å². The van der Waals surface area contributed by atoms with Crippen LogP contribution in [0.4, 0.5) is 5.69 Å². The van der Waals surface area contributed by atoms with Crippen LogP contribution in [-0.2, 0) is 11.2 Å². The number of hydrogen-bond donors (Lipinski definition) is 1. The molecule has 0 heterocycles. The van der Waals surface area contributed by atoms with E-state index in [0.29, 0.717) is 6.61 Å². The van der Waals surface area contributed by atoms with Crippen LogP contribution in [0.5, 0.6) is 0 Å². The minimum Gasteiger partial charge on any atom is -0.377 e. The Morgan fingerprint density at radius 1 is 1.32 bits per heavy atom. The third-order valence-electron chi connectivity index (χ3n) is 2.86. The SMILES string of the molecule is CC(N)Cc1ccc(N(C)CCOC(C)C)c(Cl)c1. The molecule has 1 aromatic carbocycles. The van der Waals surface area contributed by atoms with Gasteiger partial charge in [0.2, 0.25) is 0 Å². The summed E-state index contributed by atoms with van der Waals surface area (Å²) >= 11 is 6.33. The zero-order valence-corrected chi connectivity index (χ0v) is 13.1. The second-order valence-electron chi connectivity index (χ2n) is 5.31. The molecule has 0 spiro atoms.